The van der Waals surface area contributed by atoms with E-state index < -0.39 is 6.10 Å². The minimum absolute atomic E-state index is 0.00575. The highest BCUT2D eigenvalue weighted by Crippen LogP contribution is 2.29. The molecule has 0 saturated carbocycles. The van der Waals surface area contributed by atoms with Gasteiger partial charge in [-0.3, -0.25) is 4.79 Å². The van der Waals surface area contributed by atoms with E-state index in [9.17, 15) is 9.90 Å². The number of aliphatic hydroxyl groups excluding tert-OH is 1. The zero-order valence-corrected chi connectivity index (χ0v) is 15.5. The second-order valence-corrected chi connectivity index (χ2v) is 8.51. The van der Waals surface area contributed by atoms with E-state index in [-0.39, 0.29) is 11.3 Å². The predicted octanol–water partition coefficient (Wildman–Crippen LogP) is 3.69. The van der Waals surface area contributed by atoms with E-state index in [1.165, 1.54) is 28.0 Å². The highest BCUT2D eigenvalue weighted by Gasteiger charge is 2.25. The topological polar surface area (TPSA) is 53.4 Å². The summed E-state index contributed by atoms with van der Waals surface area (Å²) in [6.07, 6.45) is 1.83. The van der Waals surface area contributed by atoms with Crippen LogP contribution in [0.4, 0.5) is 0 Å². The lowest BCUT2D eigenvalue weighted by Gasteiger charge is -2.30. The molecule has 0 saturated heterocycles. The lowest BCUT2D eigenvalue weighted by molar-refractivity contribution is 0.0739. The molecule has 2 aromatic rings. The van der Waals surface area contributed by atoms with Crippen molar-refractivity contribution < 1.29 is 9.90 Å². The Hall–Kier alpha value is -1.72. The maximum Gasteiger partial charge on any atom is 0.265 e. The van der Waals surface area contributed by atoms with Gasteiger partial charge >= 0.3 is 0 Å². The normalized spacial score (nSPS) is 16.0. The number of carbonyl (C=O) groups excluding carboxylic acids is 1. The summed E-state index contributed by atoms with van der Waals surface area (Å²) in [5.41, 5.74) is 3.97. The van der Waals surface area contributed by atoms with E-state index in [1.54, 1.807) is 13.1 Å². The van der Waals surface area contributed by atoms with E-state index in [2.05, 4.69) is 44.0 Å². The number of nitrogens with zero attached hydrogens (tertiary/aromatic N) is 2. The maximum atomic E-state index is 12.7. The predicted molar refractivity (Wildman–Crippen MR) is 96.3 cm³/mol. The Bertz CT molecular complexity index is 759. The smallest absolute Gasteiger partial charge is 0.265 e. The van der Waals surface area contributed by atoms with Crippen LogP contribution in [0, 0.1) is 0 Å². The number of aromatic nitrogens is 1. The van der Waals surface area contributed by atoms with Gasteiger partial charge in [0.2, 0.25) is 0 Å². The average Bonchev–Trinajstić information content (AvgIpc) is 3.02. The second kappa shape index (κ2) is 6.30. The average molecular weight is 344 g/mol. The van der Waals surface area contributed by atoms with E-state index in [4.69, 9.17) is 0 Å². The summed E-state index contributed by atoms with van der Waals surface area (Å²) in [6.45, 7) is 9.64. The van der Waals surface area contributed by atoms with Crippen molar-refractivity contribution in [3.05, 3.63) is 51.0 Å². The van der Waals surface area contributed by atoms with Gasteiger partial charge in [-0.15, -0.1) is 11.3 Å². The Balaban J connectivity index is 1.82. The van der Waals surface area contributed by atoms with Gasteiger partial charge in [-0.2, -0.15) is 0 Å². The highest BCUT2D eigenvalue weighted by molar-refractivity contribution is 7.13. The van der Waals surface area contributed by atoms with Crippen molar-refractivity contribution in [1.82, 2.24) is 9.88 Å². The summed E-state index contributed by atoms with van der Waals surface area (Å²) in [6, 6.07) is 6.65. The molecule has 0 aliphatic carbocycles. The Morgan fingerprint density at radius 1 is 1.33 bits per heavy atom. The van der Waals surface area contributed by atoms with Gasteiger partial charge in [-0.1, -0.05) is 39.0 Å². The molecule has 0 bridgehead atoms. The lowest BCUT2D eigenvalue weighted by Crippen LogP contribution is -2.35. The first-order valence-corrected chi connectivity index (χ1v) is 9.12. The minimum atomic E-state index is -0.632. The van der Waals surface area contributed by atoms with E-state index in [0.717, 1.165) is 13.0 Å². The van der Waals surface area contributed by atoms with Crippen LogP contribution < -0.4 is 0 Å². The summed E-state index contributed by atoms with van der Waals surface area (Å²) < 4.78 is 0. The maximum absolute atomic E-state index is 12.7. The van der Waals surface area contributed by atoms with Crippen LogP contribution in [0.5, 0.6) is 0 Å². The van der Waals surface area contributed by atoms with Crippen molar-refractivity contribution in [3.8, 4) is 0 Å². The van der Waals surface area contributed by atoms with Crippen LogP contribution in [0.1, 0.15) is 65.2 Å². The van der Waals surface area contributed by atoms with Crippen LogP contribution >= 0.6 is 11.3 Å². The molecule has 3 rings (SSSR count). The third-order valence-corrected chi connectivity index (χ3v) is 5.62. The standard InChI is InChI=1S/C19H24N2O2S/c1-12(22)17-20-10-16(24-17)18(23)21-8-7-13-5-6-15(19(2,3)4)9-14(13)11-21/h5-6,9-10,12,22H,7-8,11H2,1-4H3/t12-/m0/s1. The number of benzene rings is 1. The molecule has 1 aromatic heterocycles. The SMILES string of the molecule is C[C@H](O)c1ncc(C(=O)N2CCc3ccc(C(C)(C)C)cc3C2)s1. The van der Waals surface area contributed by atoms with Crippen LogP contribution in [0.3, 0.4) is 0 Å². The van der Waals surface area contributed by atoms with Crippen molar-refractivity contribution in [2.75, 3.05) is 6.54 Å². The number of hydrogen-bond acceptors (Lipinski definition) is 4. The Morgan fingerprint density at radius 3 is 2.71 bits per heavy atom. The molecule has 1 N–H and O–H groups in total. The van der Waals surface area contributed by atoms with Gasteiger partial charge in [0, 0.05) is 13.1 Å². The first-order chi connectivity index (χ1) is 11.3. The third-order valence-electron chi connectivity index (χ3n) is 4.46. The van der Waals surface area contributed by atoms with Gasteiger partial charge in [0.25, 0.3) is 5.91 Å². The Kier molecular flexibility index (Phi) is 4.49. The molecule has 1 aliphatic heterocycles. The van der Waals surface area contributed by atoms with Gasteiger partial charge < -0.3 is 10.0 Å². The molecule has 0 unspecified atom stereocenters. The quantitative estimate of drug-likeness (QED) is 0.904. The van der Waals surface area contributed by atoms with Gasteiger partial charge in [0.1, 0.15) is 16.0 Å². The number of aliphatic hydroxyl groups is 1. The van der Waals surface area contributed by atoms with Crippen molar-refractivity contribution in [2.45, 2.75) is 52.2 Å². The fraction of sp³-hybridized carbons (Fsp3) is 0.474. The van der Waals surface area contributed by atoms with Gasteiger partial charge in [-0.25, -0.2) is 4.98 Å². The van der Waals surface area contributed by atoms with Crippen LogP contribution in [0.2, 0.25) is 0 Å². The number of thiazole rings is 1. The Morgan fingerprint density at radius 2 is 2.08 bits per heavy atom. The summed E-state index contributed by atoms with van der Waals surface area (Å²) in [5, 5.41) is 10.2. The molecule has 0 spiro atoms. The zero-order chi connectivity index (χ0) is 17.5. The van der Waals surface area contributed by atoms with E-state index in [0.29, 0.717) is 16.4 Å². The van der Waals surface area contributed by atoms with Crippen LogP contribution in [0.15, 0.2) is 24.4 Å². The molecular formula is C19H24N2O2S. The minimum Gasteiger partial charge on any atom is -0.386 e. The number of rotatable bonds is 2. The zero-order valence-electron chi connectivity index (χ0n) is 14.7. The molecule has 4 nitrogen and oxygen atoms in total. The summed E-state index contributed by atoms with van der Waals surface area (Å²) >= 11 is 1.28. The number of amides is 1. The molecular weight excluding hydrogens is 320 g/mol. The van der Waals surface area contributed by atoms with E-state index in [1.807, 2.05) is 4.90 Å². The Labute approximate surface area is 147 Å². The molecule has 24 heavy (non-hydrogen) atoms. The fourth-order valence-electron chi connectivity index (χ4n) is 2.93. The molecule has 2 heterocycles. The number of carbonyl (C=O) groups is 1. The molecule has 1 amide bonds. The van der Waals surface area contributed by atoms with Gasteiger partial charge in [0.05, 0.1) is 6.20 Å². The monoisotopic (exact) mass is 344 g/mol. The van der Waals surface area contributed by atoms with Crippen LogP contribution in [-0.2, 0) is 18.4 Å². The molecule has 1 aliphatic rings. The third kappa shape index (κ3) is 3.37. The fourth-order valence-corrected chi connectivity index (χ4v) is 3.76. The summed E-state index contributed by atoms with van der Waals surface area (Å²) in [4.78, 5) is 19.4. The van der Waals surface area contributed by atoms with Crippen molar-refractivity contribution >= 4 is 17.2 Å². The second-order valence-electron chi connectivity index (χ2n) is 7.45. The molecule has 1 aromatic carbocycles. The number of hydrogen-bond donors (Lipinski definition) is 1. The molecule has 0 fully saturated rings. The summed E-state index contributed by atoms with van der Waals surface area (Å²) in [5.74, 6) is 0.00575. The molecule has 128 valence electrons. The summed E-state index contributed by atoms with van der Waals surface area (Å²) in [7, 11) is 0. The van der Waals surface area contributed by atoms with E-state index >= 15 is 0 Å². The van der Waals surface area contributed by atoms with Crippen molar-refractivity contribution in [1.29, 1.82) is 0 Å². The van der Waals surface area contributed by atoms with Crippen molar-refractivity contribution in [3.63, 3.8) is 0 Å². The van der Waals surface area contributed by atoms with Crippen LogP contribution in [-0.4, -0.2) is 27.4 Å². The highest BCUT2D eigenvalue weighted by atomic mass is 32.1. The lowest BCUT2D eigenvalue weighted by atomic mass is 9.84. The first kappa shape index (κ1) is 17.1. The molecule has 1 atom stereocenters. The molecule has 5 heteroatoms. The van der Waals surface area contributed by atoms with Gasteiger partial charge in [0.15, 0.2) is 0 Å². The first-order valence-electron chi connectivity index (χ1n) is 8.31. The largest absolute Gasteiger partial charge is 0.386 e. The van der Waals surface area contributed by atoms with Gasteiger partial charge in [-0.05, 0) is 35.4 Å². The molecule has 0 radical (unpaired) electrons. The van der Waals surface area contributed by atoms with Crippen LogP contribution in [0.25, 0.3) is 0 Å². The number of fused-ring (bicyclic) bond motifs is 1. The van der Waals surface area contributed by atoms with Crippen molar-refractivity contribution in [2.24, 2.45) is 0 Å².